The SMILES string of the molecule is CNC(CCSC)c1cc(OC)ccc1OC. The number of ether oxygens (including phenoxy) is 2. The summed E-state index contributed by atoms with van der Waals surface area (Å²) >= 11 is 1.85. The molecule has 0 aromatic heterocycles. The van der Waals surface area contributed by atoms with Gasteiger partial charge in [-0.05, 0) is 43.7 Å². The molecule has 0 bridgehead atoms. The smallest absolute Gasteiger partial charge is 0.123 e. The fraction of sp³-hybridized carbons (Fsp3) is 0.538. The number of benzene rings is 1. The molecule has 1 rings (SSSR count). The van der Waals surface area contributed by atoms with E-state index >= 15 is 0 Å². The molecule has 1 aromatic rings. The monoisotopic (exact) mass is 255 g/mol. The highest BCUT2D eigenvalue weighted by Crippen LogP contribution is 2.31. The lowest BCUT2D eigenvalue weighted by Gasteiger charge is -2.19. The van der Waals surface area contributed by atoms with Gasteiger partial charge >= 0.3 is 0 Å². The summed E-state index contributed by atoms with van der Waals surface area (Å²) in [4.78, 5) is 0. The first-order valence-electron chi connectivity index (χ1n) is 5.65. The number of hydrogen-bond acceptors (Lipinski definition) is 4. The van der Waals surface area contributed by atoms with Crippen LogP contribution in [0.2, 0.25) is 0 Å². The Hall–Kier alpha value is -0.870. The van der Waals surface area contributed by atoms with Crippen LogP contribution in [0.5, 0.6) is 11.5 Å². The van der Waals surface area contributed by atoms with Gasteiger partial charge in [-0.25, -0.2) is 0 Å². The fourth-order valence-corrected chi connectivity index (χ4v) is 2.27. The van der Waals surface area contributed by atoms with Crippen LogP contribution in [0.4, 0.5) is 0 Å². The fourth-order valence-electron chi connectivity index (χ4n) is 1.80. The molecule has 3 nitrogen and oxygen atoms in total. The number of nitrogens with one attached hydrogen (secondary N) is 1. The second-order valence-electron chi connectivity index (χ2n) is 3.73. The molecule has 1 atom stereocenters. The maximum absolute atomic E-state index is 5.41. The van der Waals surface area contributed by atoms with Crippen LogP contribution in [0.25, 0.3) is 0 Å². The third-order valence-electron chi connectivity index (χ3n) is 2.77. The number of methoxy groups -OCH3 is 2. The van der Waals surface area contributed by atoms with Crippen molar-refractivity contribution in [1.82, 2.24) is 5.32 Å². The molecule has 17 heavy (non-hydrogen) atoms. The van der Waals surface area contributed by atoms with Crippen molar-refractivity contribution in [3.8, 4) is 11.5 Å². The van der Waals surface area contributed by atoms with E-state index in [1.807, 2.05) is 37.0 Å². The maximum Gasteiger partial charge on any atom is 0.123 e. The molecular formula is C13H21NO2S. The summed E-state index contributed by atoms with van der Waals surface area (Å²) in [5.74, 6) is 2.89. The van der Waals surface area contributed by atoms with Crippen LogP contribution in [0.1, 0.15) is 18.0 Å². The summed E-state index contributed by atoms with van der Waals surface area (Å²) in [6.07, 6.45) is 3.19. The van der Waals surface area contributed by atoms with Crippen molar-refractivity contribution in [3.05, 3.63) is 23.8 Å². The van der Waals surface area contributed by atoms with Crippen LogP contribution in [0, 0.1) is 0 Å². The van der Waals surface area contributed by atoms with Gasteiger partial charge in [0.15, 0.2) is 0 Å². The minimum atomic E-state index is 0.299. The molecule has 1 aromatic carbocycles. The lowest BCUT2D eigenvalue weighted by Crippen LogP contribution is -2.18. The second kappa shape index (κ2) is 7.45. The molecule has 0 aliphatic carbocycles. The van der Waals surface area contributed by atoms with E-state index in [2.05, 4.69) is 11.6 Å². The average Bonchev–Trinajstić information content (AvgIpc) is 2.39. The summed E-state index contributed by atoms with van der Waals surface area (Å²) in [5.41, 5.74) is 1.16. The molecule has 0 heterocycles. The Balaban J connectivity index is 2.97. The van der Waals surface area contributed by atoms with E-state index < -0.39 is 0 Å². The predicted octanol–water partition coefficient (Wildman–Crippen LogP) is 2.72. The number of hydrogen-bond donors (Lipinski definition) is 1. The zero-order valence-corrected chi connectivity index (χ0v) is 11.8. The molecule has 0 saturated heterocycles. The van der Waals surface area contributed by atoms with Crippen LogP contribution in [0.3, 0.4) is 0 Å². The molecule has 0 fully saturated rings. The Morgan fingerprint density at radius 3 is 2.59 bits per heavy atom. The van der Waals surface area contributed by atoms with E-state index in [0.717, 1.165) is 29.2 Å². The highest BCUT2D eigenvalue weighted by Gasteiger charge is 2.15. The summed E-state index contributed by atoms with van der Waals surface area (Å²) in [7, 11) is 5.36. The van der Waals surface area contributed by atoms with Crippen molar-refractivity contribution in [2.24, 2.45) is 0 Å². The van der Waals surface area contributed by atoms with Gasteiger partial charge in [0.25, 0.3) is 0 Å². The highest BCUT2D eigenvalue weighted by molar-refractivity contribution is 7.98. The molecule has 0 spiro atoms. The quantitative estimate of drug-likeness (QED) is 0.811. The van der Waals surface area contributed by atoms with Gasteiger partial charge in [-0.3, -0.25) is 0 Å². The summed E-state index contributed by atoms with van der Waals surface area (Å²) in [6, 6.07) is 6.22. The van der Waals surface area contributed by atoms with Crippen molar-refractivity contribution < 1.29 is 9.47 Å². The Labute approximate surface area is 108 Å². The molecule has 0 aliphatic rings. The highest BCUT2D eigenvalue weighted by atomic mass is 32.2. The normalized spacial score (nSPS) is 12.2. The van der Waals surface area contributed by atoms with E-state index in [4.69, 9.17) is 9.47 Å². The first-order valence-corrected chi connectivity index (χ1v) is 7.04. The zero-order valence-electron chi connectivity index (χ0n) is 10.9. The van der Waals surface area contributed by atoms with Gasteiger partial charge in [0.1, 0.15) is 11.5 Å². The van der Waals surface area contributed by atoms with Crippen molar-refractivity contribution in [3.63, 3.8) is 0 Å². The van der Waals surface area contributed by atoms with E-state index in [1.165, 1.54) is 0 Å². The van der Waals surface area contributed by atoms with E-state index in [9.17, 15) is 0 Å². The van der Waals surface area contributed by atoms with E-state index in [-0.39, 0.29) is 0 Å². The Bertz CT molecular complexity index is 344. The average molecular weight is 255 g/mol. The van der Waals surface area contributed by atoms with Crippen LogP contribution in [-0.4, -0.2) is 33.3 Å². The molecule has 1 N–H and O–H groups in total. The predicted molar refractivity (Wildman–Crippen MR) is 74.3 cm³/mol. The lowest BCUT2D eigenvalue weighted by atomic mass is 10.0. The molecule has 0 saturated carbocycles. The van der Waals surface area contributed by atoms with Crippen LogP contribution in [-0.2, 0) is 0 Å². The first kappa shape index (κ1) is 14.2. The molecule has 96 valence electrons. The number of thioether (sulfide) groups is 1. The van der Waals surface area contributed by atoms with Gasteiger partial charge in [0, 0.05) is 11.6 Å². The largest absolute Gasteiger partial charge is 0.497 e. The summed E-state index contributed by atoms with van der Waals surface area (Å²) < 4.78 is 10.7. The first-order chi connectivity index (χ1) is 8.26. The van der Waals surface area contributed by atoms with E-state index in [0.29, 0.717) is 6.04 Å². The third-order valence-corrected chi connectivity index (χ3v) is 3.42. The molecule has 1 unspecified atom stereocenters. The zero-order chi connectivity index (χ0) is 12.7. The molecule has 0 aliphatic heterocycles. The minimum Gasteiger partial charge on any atom is -0.497 e. The molecule has 0 radical (unpaired) electrons. The van der Waals surface area contributed by atoms with Gasteiger partial charge in [-0.15, -0.1) is 0 Å². The van der Waals surface area contributed by atoms with Gasteiger partial charge in [0.05, 0.1) is 14.2 Å². The molecule has 4 heteroatoms. The Morgan fingerprint density at radius 1 is 1.29 bits per heavy atom. The standard InChI is InChI=1S/C13H21NO2S/c1-14-12(7-8-17-4)11-9-10(15-2)5-6-13(11)16-3/h5-6,9,12,14H,7-8H2,1-4H3. The van der Waals surface area contributed by atoms with Gasteiger partial charge in [0.2, 0.25) is 0 Å². The van der Waals surface area contributed by atoms with Crippen LogP contribution >= 0.6 is 11.8 Å². The maximum atomic E-state index is 5.41. The summed E-state index contributed by atoms with van der Waals surface area (Å²) in [5, 5.41) is 3.33. The van der Waals surface area contributed by atoms with Gasteiger partial charge < -0.3 is 14.8 Å². The molecule has 0 amide bonds. The van der Waals surface area contributed by atoms with Crippen molar-refractivity contribution >= 4 is 11.8 Å². The van der Waals surface area contributed by atoms with Gasteiger partial charge in [-0.2, -0.15) is 11.8 Å². The Kier molecular flexibility index (Phi) is 6.22. The topological polar surface area (TPSA) is 30.5 Å². The van der Waals surface area contributed by atoms with E-state index in [1.54, 1.807) is 14.2 Å². The molecular weight excluding hydrogens is 234 g/mol. The van der Waals surface area contributed by atoms with Crippen molar-refractivity contribution in [1.29, 1.82) is 0 Å². The lowest BCUT2D eigenvalue weighted by molar-refractivity contribution is 0.391. The van der Waals surface area contributed by atoms with Crippen molar-refractivity contribution in [2.75, 3.05) is 33.3 Å². The van der Waals surface area contributed by atoms with Crippen molar-refractivity contribution in [2.45, 2.75) is 12.5 Å². The summed E-state index contributed by atoms with van der Waals surface area (Å²) in [6.45, 7) is 0. The third kappa shape index (κ3) is 3.82. The second-order valence-corrected chi connectivity index (χ2v) is 4.72. The Morgan fingerprint density at radius 2 is 2.06 bits per heavy atom. The van der Waals surface area contributed by atoms with Crippen LogP contribution in [0.15, 0.2) is 18.2 Å². The number of rotatable bonds is 7. The van der Waals surface area contributed by atoms with Gasteiger partial charge in [-0.1, -0.05) is 0 Å². The minimum absolute atomic E-state index is 0.299. The van der Waals surface area contributed by atoms with Crippen LogP contribution < -0.4 is 14.8 Å².